The zero-order valence-corrected chi connectivity index (χ0v) is 18.7. The van der Waals surface area contributed by atoms with Crippen molar-refractivity contribution in [2.75, 3.05) is 34.4 Å². The average Bonchev–Trinajstić information content (AvgIpc) is 3.11. The molecule has 6 nitrogen and oxygen atoms in total. The minimum atomic E-state index is -0.392. The van der Waals surface area contributed by atoms with E-state index in [1.54, 1.807) is 13.2 Å². The molecule has 1 aliphatic heterocycles. The Morgan fingerprint density at radius 2 is 1.89 bits per heavy atom. The standard InChI is InChI=1S/C20H29N3O3.HI/c1-21-20(23-12-15-6-4-5-7-16(15)13-23)22-11-14-8-9-17(19(24)26-3)18(10-14)25-2;/h8-10,15-16H,4-7,11-13H2,1-3H3,(H,21,22);1H. The number of methoxy groups -OCH3 is 2. The van der Waals surface area contributed by atoms with Gasteiger partial charge in [0, 0.05) is 26.7 Å². The summed E-state index contributed by atoms with van der Waals surface area (Å²) in [6, 6.07) is 5.53. The number of carbonyl (C=O) groups excluding carboxylic acids is 1. The largest absolute Gasteiger partial charge is 0.496 e. The number of benzene rings is 1. The number of carbonyl (C=O) groups is 1. The van der Waals surface area contributed by atoms with Crippen LogP contribution in [0.5, 0.6) is 5.75 Å². The van der Waals surface area contributed by atoms with Gasteiger partial charge in [0.25, 0.3) is 0 Å². The summed E-state index contributed by atoms with van der Waals surface area (Å²) in [5, 5.41) is 3.46. The second-order valence-corrected chi connectivity index (χ2v) is 7.14. The van der Waals surface area contributed by atoms with Crippen molar-refractivity contribution in [3.63, 3.8) is 0 Å². The molecule has 2 aliphatic rings. The number of hydrogen-bond acceptors (Lipinski definition) is 4. The molecule has 3 rings (SSSR count). The molecule has 7 heteroatoms. The molecular formula is C20H30IN3O3. The van der Waals surface area contributed by atoms with Gasteiger partial charge in [0.05, 0.1) is 14.2 Å². The SMILES string of the molecule is CN=C(NCc1ccc(C(=O)OC)c(OC)c1)N1CC2CCCCC2C1.I. The monoisotopic (exact) mass is 487 g/mol. The van der Waals surface area contributed by atoms with E-state index in [-0.39, 0.29) is 24.0 Å². The fourth-order valence-electron chi connectivity index (χ4n) is 4.22. The van der Waals surface area contributed by atoms with Gasteiger partial charge in [0.15, 0.2) is 5.96 Å². The molecule has 1 N–H and O–H groups in total. The molecule has 27 heavy (non-hydrogen) atoms. The van der Waals surface area contributed by atoms with Crippen LogP contribution in [-0.2, 0) is 11.3 Å². The Hall–Kier alpha value is -1.51. The molecule has 150 valence electrons. The molecule has 2 fully saturated rings. The van der Waals surface area contributed by atoms with Crippen LogP contribution in [0.3, 0.4) is 0 Å². The molecule has 1 aliphatic carbocycles. The van der Waals surface area contributed by atoms with Crippen LogP contribution in [0.1, 0.15) is 41.6 Å². The first-order chi connectivity index (χ1) is 12.7. The molecule has 1 heterocycles. The number of hydrogen-bond donors (Lipinski definition) is 1. The molecule has 2 unspecified atom stereocenters. The Labute approximate surface area is 178 Å². The van der Waals surface area contributed by atoms with Crippen molar-refractivity contribution in [2.45, 2.75) is 32.2 Å². The number of halogens is 1. The maximum Gasteiger partial charge on any atom is 0.341 e. The van der Waals surface area contributed by atoms with Crippen LogP contribution < -0.4 is 10.1 Å². The zero-order chi connectivity index (χ0) is 18.5. The van der Waals surface area contributed by atoms with Crippen LogP contribution in [0.15, 0.2) is 23.2 Å². The maximum atomic E-state index is 11.8. The molecule has 1 saturated carbocycles. The Morgan fingerprint density at radius 1 is 1.22 bits per heavy atom. The number of rotatable bonds is 4. The van der Waals surface area contributed by atoms with Gasteiger partial charge >= 0.3 is 5.97 Å². The highest BCUT2D eigenvalue weighted by Crippen LogP contribution is 2.36. The molecule has 1 saturated heterocycles. The topological polar surface area (TPSA) is 63.2 Å². The molecule has 0 radical (unpaired) electrons. The first kappa shape index (κ1) is 21.8. The van der Waals surface area contributed by atoms with Crippen molar-refractivity contribution in [3.8, 4) is 5.75 Å². The first-order valence-electron chi connectivity index (χ1n) is 9.37. The summed E-state index contributed by atoms with van der Waals surface area (Å²) in [4.78, 5) is 18.6. The van der Waals surface area contributed by atoms with Gasteiger partial charge in [-0.05, 0) is 42.4 Å². The van der Waals surface area contributed by atoms with E-state index < -0.39 is 5.97 Å². The second-order valence-electron chi connectivity index (χ2n) is 7.14. The number of aliphatic imine (C=N–C) groups is 1. The van der Waals surface area contributed by atoms with Crippen molar-refractivity contribution in [1.29, 1.82) is 0 Å². The highest BCUT2D eigenvalue weighted by atomic mass is 127. The Morgan fingerprint density at radius 3 is 2.44 bits per heavy atom. The number of likely N-dealkylation sites (tertiary alicyclic amines) is 1. The first-order valence-corrected chi connectivity index (χ1v) is 9.37. The van der Waals surface area contributed by atoms with E-state index in [2.05, 4.69) is 15.2 Å². The molecule has 0 spiro atoms. The van der Waals surface area contributed by atoms with Crippen LogP contribution in [0.2, 0.25) is 0 Å². The molecule has 0 aromatic heterocycles. The van der Waals surface area contributed by atoms with E-state index in [1.165, 1.54) is 32.8 Å². The fourth-order valence-corrected chi connectivity index (χ4v) is 4.22. The van der Waals surface area contributed by atoms with Crippen molar-refractivity contribution in [3.05, 3.63) is 29.3 Å². The Balaban J connectivity index is 0.00000261. The van der Waals surface area contributed by atoms with Crippen LogP contribution in [0, 0.1) is 11.8 Å². The lowest BCUT2D eigenvalue weighted by Crippen LogP contribution is -2.39. The number of ether oxygens (including phenoxy) is 2. The third kappa shape index (κ3) is 5.06. The normalized spacial score (nSPS) is 21.9. The average molecular weight is 487 g/mol. The highest BCUT2D eigenvalue weighted by molar-refractivity contribution is 14.0. The lowest BCUT2D eigenvalue weighted by Gasteiger charge is -2.22. The van der Waals surface area contributed by atoms with Crippen molar-refractivity contribution in [1.82, 2.24) is 10.2 Å². The Kier molecular flexibility index (Phi) is 8.19. The summed E-state index contributed by atoms with van der Waals surface area (Å²) in [5.41, 5.74) is 1.47. The summed E-state index contributed by atoms with van der Waals surface area (Å²) in [7, 11) is 4.77. The van der Waals surface area contributed by atoms with Crippen LogP contribution in [-0.4, -0.2) is 51.2 Å². The fraction of sp³-hybridized carbons (Fsp3) is 0.600. The van der Waals surface area contributed by atoms with Gasteiger partial charge in [-0.3, -0.25) is 4.99 Å². The van der Waals surface area contributed by atoms with Crippen LogP contribution >= 0.6 is 24.0 Å². The summed E-state index contributed by atoms with van der Waals surface area (Å²) >= 11 is 0. The van der Waals surface area contributed by atoms with Gasteiger partial charge in [-0.15, -0.1) is 24.0 Å². The van der Waals surface area contributed by atoms with E-state index in [4.69, 9.17) is 9.47 Å². The van der Waals surface area contributed by atoms with Gasteiger partial charge in [0.2, 0.25) is 0 Å². The van der Waals surface area contributed by atoms with Gasteiger partial charge < -0.3 is 19.7 Å². The quantitative estimate of drug-likeness (QED) is 0.306. The van der Waals surface area contributed by atoms with E-state index >= 15 is 0 Å². The number of nitrogens with one attached hydrogen (secondary N) is 1. The minimum absolute atomic E-state index is 0. The predicted molar refractivity (Wildman–Crippen MR) is 117 cm³/mol. The Bertz CT molecular complexity index is 666. The van der Waals surface area contributed by atoms with Crippen LogP contribution in [0.4, 0.5) is 0 Å². The van der Waals surface area contributed by atoms with Crippen molar-refractivity contribution < 1.29 is 14.3 Å². The van der Waals surface area contributed by atoms with Crippen molar-refractivity contribution in [2.24, 2.45) is 16.8 Å². The third-order valence-electron chi connectivity index (χ3n) is 5.61. The second kappa shape index (κ2) is 10.1. The van der Waals surface area contributed by atoms with E-state index in [9.17, 15) is 4.79 Å². The lowest BCUT2D eigenvalue weighted by atomic mass is 9.82. The van der Waals surface area contributed by atoms with E-state index in [1.807, 2.05) is 19.2 Å². The predicted octanol–water partition coefficient (Wildman–Crippen LogP) is 3.30. The lowest BCUT2D eigenvalue weighted by molar-refractivity contribution is 0.0597. The summed E-state index contributed by atoms with van der Waals surface area (Å²) in [6.45, 7) is 2.85. The molecule has 2 atom stereocenters. The van der Waals surface area contributed by atoms with Gasteiger partial charge in [-0.1, -0.05) is 18.9 Å². The molecule has 0 amide bonds. The van der Waals surface area contributed by atoms with Gasteiger partial charge in [-0.25, -0.2) is 4.79 Å². The number of fused-ring (bicyclic) bond motifs is 1. The van der Waals surface area contributed by atoms with Gasteiger partial charge in [0.1, 0.15) is 11.3 Å². The summed E-state index contributed by atoms with van der Waals surface area (Å²) in [5.74, 6) is 2.73. The molecule has 0 bridgehead atoms. The zero-order valence-electron chi connectivity index (χ0n) is 16.4. The third-order valence-corrected chi connectivity index (χ3v) is 5.61. The molecule has 1 aromatic carbocycles. The maximum absolute atomic E-state index is 11.8. The van der Waals surface area contributed by atoms with E-state index in [0.717, 1.165) is 36.4 Å². The highest BCUT2D eigenvalue weighted by Gasteiger charge is 2.35. The summed E-state index contributed by atoms with van der Waals surface area (Å²) in [6.07, 6.45) is 5.44. The number of nitrogens with zero attached hydrogens (tertiary/aromatic N) is 2. The van der Waals surface area contributed by atoms with Crippen molar-refractivity contribution >= 4 is 35.9 Å². The minimum Gasteiger partial charge on any atom is -0.496 e. The van der Waals surface area contributed by atoms with E-state index in [0.29, 0.717) is 17.9 Å². The number of guanidine groups is 1. The smallest absolute Gasteiger partial charge is 0.341 e. The van der Waals surface area contributed by atoms with Gasteiger partial charge in [-0.2, -0.15) is 0 Å². The summed E-state index contributed by atoms with van der Waals surface area (Å²) < 4.78 is 10.1. The molecule has 1 aromatic rings. The molecular weight excluding hydrogens is 457 g/mol. The number of esters is 1. The van der Waals surface area contributed by atoms with Crippen LogP contribution in [0.25, 0.3) is 0 Å².